The fraction of sp³-hybridized carbons (Fsp3) is 0.500. The highest BCUT2D eigenvalue weighted by molar-refractivity contribution is 7.91. The monoisotopic (exact) mass is 320 g/mol. The number of hydrogen-bond acceptors (Lipinski definition) is 5. The molecule has 8 heteroatoms. The zero-order chi connectivity index (χ0) is 15.6. The van der Waals surface area contributed by atoms with Gasteiger partial charge in [-0.2, -0.15) is 0 Å². The second-order valence-electron chi connectivity index (χ2n) is 4.61. The van der Waals surface area contributed by atoms with Crippen molar-refractivity contribution in [3.05, 3.63) is 23.3 Å². The van der Waals surface area contributed by atoms with E-state index in [9.17, 15) is 16.8 Å². The summed E-state index contributed by atoms with van der Waals surface area (Å²) >= 11 is 0. The number of rotatable bonds is 6. The lowest BCUT2D eigenvalue weighted by Crippen LogP contribution is -2.30. The molecule has 6 nitrogen and oxygen atoms in total. The van der Waals surface area contributed by atoms with E-state index in [2.05, 4.69) is 4.72 Å². The van der Waals surface area contributed by atoms with E-state index in [0.29, 0.717) is 11.3 Å². The summed E-state index contributed by atoms with van der Waals surface area (Å²) in [5.74, 6) is -0.228. The minimum Gasteiger partial charge on any atom is -0.398 e. The van der Waals surface area contributed by atoms with Crippen LogP contribution in [-0.2, 0) is 19.9 Å². The fourth-order valence-electron chi connectivity index (χ4n) is 1.69. The first kappa shape index (κ1) is 16.9. The van der Waals surface area contributed by atoms with Crippen molar-refractivity contribution in [1.82, 2.24) is 4.72 Å². The van der Waals surface area contributed by atoms with Crippen LogP contribution in [0.2, 0.25) is 0 Å². The first-order valence-corrected chi connectivity index (χ1v) is 9.46. The van der Waals surface area contributed by atoms with E-state index in [0.717, 1.165) is 5.56 Å². The highest BCUT2D eigenvalue weighted by atomic mass is 32.2. The summed E-state index contributed by atoms with van der Waals surface area (Å²) < 4.78 is 49.3. The van der Waals surface area contributed by atoms with Gasteiger partial charge in [-0.25, -0.2) is 21.6 Å². The summed E-state index contributed by atoms with van der Waals surface area (Å²) in [6.07, 6.45) is 0. The van der Waals surface area contributed by atoms with Crippen molar-refractivity contribution in [3.8, 4) is 0 Å². The molecule has 20 heavy (non-hydrogen) atoms. The van der Waals surface area contributed by atoms with Gasteiger partial charge in [-0.05, 0) is 37.1 Å². The van der Waals surface area contributed by atoms with E-state index < -0.39 is 19.9 Å². The van der Waals surface area contributed by atoms with Gasteiger partial charge in [0, 0.05) is 18.0 Å². The largest absolute Gasteiger partial charge is 0.398 e. The Morgan fingerprint density at radius 2 is 1.75 bits per heavy atom. The first-order chi connectivity index (χ1) is 9.09. The number of nitrogens with two attached hydrogens (primary N) is 1. The van der Waals surface area contributed by atoms with Crippen molar-refractivity contribution >= 4 is 25.5 Å². The molecule has 0 radical (unpaired) electrons. The minimum absolute atomic E-state index is 0.00878. The van der Waals surface area contributed by atoms with Gasteiger partial charge in [0.25, 0.3) is 0 Å². The van der Waals surface area contributed by atoms with Gasteiger partial charge in [0.1, 0.15) is 0 Å². The zero-order valence-electron chi connectivity index (χ0n) is 11.8. The predicted octanol–water partition coefficient (Wildman–Crippen LogP) is 0.599. The third-order valence-corrected chi connectivity index (χ3v) is 6.27. The molecule has 1 aromatic carbocycles. The fourth-order valence-corrected chi connectivity index (χ4v) is 3.90. The Morgan fingerprint density at radius 3 is 2.30 bits per heavy atom. The molecule has 0 aromatic heterocycles. The lowest BCUT2D eigenvalue weighted by molar-refractivity contribution is 0.580. The number of anilines is 1. The maximum absolute atomic E-state index is 12.2. The Balaban J connectivity index is 2.96. The number of aryl methyl sites for hydroxylation is 1. The molecule has 1 aromatic rings. The van der Waals surface area contributed by atoms with Crippen molar-refractivity contribution in [2.75, 3.05) is 23.8 Å². The average molecular weight is 320 g/mol. The van der Waals surface area contributed by atoms with Gasteiger partial charge in [-0.15, -0.1) is 0 Å². The molecule has 0 heterocycles. The SMILES string of the molecule is CCS(=O)(=O)CCNS(=O)(=O)c1cc(C)cc(N)c1C. The number of nitrogen functional groups attached to an aromatic ring is 1. The number of hydrogen-bond donors (Lipinski definition) is 2. The van der Waals surface area contributed by atoms with Gasteiger partial charge in [0.15, 0.2) is 9.84 Å². The highest BCUT2D eigenvalue weighted by Gasteiger charge is 2.19. The molecule has 0 atom stereocenters. The second kappa shape index (κ2) is 6.11. The molecule has 0 saturated heterocycles. The molecule has 0 saturated carbocycles. The van der Waals surface area contributed by atoms with Crippen molar-refractivity contribution in [3.63, 3.8) is 0 Å². The predicted molar refractivity (Wildman–Crippen MR) is 79.8 cm³/mol. The molecular weight excluding hydrogens is 300 g/mol. The molecule has 0 spiro atoms. The molecule has 3 N–H and O–H groups in total. The van der Waals surface area contributed by atoms with Crippen molar-refractivity contribution in [2.24, 2.45) is 0 Å². The van der Waals surface area contributed by atoms with Crippen LogP contribution >= 0.6 is 0 Å². The van der Waals surface area contributed by atoms with Crippen LogP contribution in [0.5, 0.6) is 0 Å². The molecule has 0 bridgehead atoms. The Morgan fingerprint density at radius 1 is 1.15 bits per heavy atom. The summed E-state index contributed by atoms with van der Waals surface area (Å²) in [7, 11) is -6.96. The van der Waals surface area contributed by atoms with Gasteiger partial charge in [-0.1, -0.05) is 6.92 Å². The average Bonchev–Trinajstić information content (AvgIpc) is 2.33. The summed E-state index contributed by atoms with van der Waals surface area (Å²) in [6, 6.07) is 3.21. The van der Waals surface area contributed by atoms with Crippen LogP contribution in [-0.4, -0.2) is 34.9 Å². The Bertz CT molecular complexity index is 694. The molecule has 0 unspecified atom stereocenters. The van der Waals surface area contributed by atoms with Crippen LogP contribution in [0.15, 0.2) is 17.0 Å². The lowest BCUT2D eigenvalue weighted by atomic mass is 10.1. The van der Waals surface area contributed by atoms with Gasteiger partial charge in [0.05, 0.1) is 10.6 Å². The van der Waals surface area contributed by atoms with Crippen LogP contribution in [0, 0.1) is 13.8 Å². The number of sulfone groups is 1. The lowest BCUT2D eigenvalue weighted by Gasteiger charge is -2.12. The molecule has 0 aliphatic rings. The Kier molecular flexibility index (Phi) is 5.17. The smallest absolute Gasteiger partial charge is 0.240 e. The van der Waals surface area contributed by atoms with E-state index in [1.54, 1.807) is 19.9 Å². The topological polar surface area (TPSA) is 106 Å². The van der Waals surface area contributed by atoms with E-state index in [4.69, 9.17) is 5.73 Å². The van der Waals surface area contributed by atoms with Crippen LogP contribution in [0.3, 0.4) is 0 Å². The van der Waals surface area contributed by atoms with Gasteiger partial charge >= 0.3 is 0 Å². The third-order valence-electron chi connectivity index (χ3n) is 2.98. The summed E-state index contributed by atoms with van der Waals surface area (Å²) in [5.41, 5.74) is 7.34. The second-order valence-corrected chi connectivity index (χ2v) is 8.82. The number of nitrogens with one attached hydrogen (secondary N) is 1. The van der Waals surface area contributed by atoms with Crippen molar-refractivity contribution in [2.45, 2.75) is 25.7 Å². The molecular formula is C12H20N2O4S2. The summed E-state index contributed by atoms with van der Waals surface area (Å²) in [6.45, 7) is 4.74. The Hall–Kier alpha value is -1.12. The molecule has 1 rings (SSSR count). The maximum Gasteiger partial charge on any atom is 0.240 e. The highest BCUT2D eigenvalue weighted by Crippen LogP contribution is 2.22. The summed E-state index contributed by atoms with van der Waals surface area (Å²) in [5, 5.41) is 0. The van der Waals surface area contributed by atoms with Gasteiger partial charge < -0.3 is 5.73 Å². The Labute approximate surface area is 120 Å². The zero-order valence-corrected chi connectivity index (χ0v) is 13.4. The van der Waals surface area contributed by atoms with Crippen LogP contribution in [0.1, 0.15) is 18.1 Å². The molecule has 114 valence electrons. The van der Waals surface area contributed by atoms with Gasteiger partial charge in [-0.3, -0.25) is 0 Å². The van der Waals surface area contributed by atoms with Crippen molar-refractivity contribution < 1.29 is 16.8 Å². The van der Waals surface area contributed by atoms with Crippen LogP contribution in [0.25, 0.3) is 0 Å². The third kappa shape index (κ3) is 4.19. The molecule has 0 fully saturated rings. The van der Waals surface area contributed by atoms with E-state index in [1.165, 1.54) is 13.0 Å². The first-order valence-electron chi connectivity index (χ1n) is 6.16. The normalized spacial score (nSPS) is 12.6. The van der Waals surface area contributed by atoms with E-state index >= 15 is 0 Å². The van der Waals surface area contributed by atoms with E-state index in [1.807, 2.05) is 0 Å². The number of benzene rings is 1. The maximum atomic E-state index is 12.2. The van der Waals surface area contributed by atoms with E-state index in [-0.39, 0.29) is 22.9 Å². The number of sulfonamides is 1. The molecule has 0 aliphatic heterocycles. The molecule has 0 aliphatic carbocycles. The quantitative estimate of drug-likeness (QED) is 0.747. The van der Waals surface area contributed by atoms with Crippen LogP contribution < -0.4 is 10.5 Å². The molecule has 0 amide bonds. The standard InChI is InChI=1S/C12H20N2O4S2/c1-4-19(15,16)6-5-14-20(17,18)12-8-9(2)7-11(13)10(12)3/h7-8,14H,4-6,13H2,1-3H3. The summed E-state index contributed by atoms with van der Waals surface area (Å²) in [4.78, 5) is 0.0869. The van der Waals surface area contributed by atoms with Crippen molar-refractivity contribution in [1.29, 1.82) is 0 Å². The minimum atomic E-state index is -3.76. The van der Waals surface area contributed by atoms with Crippen LogP contribution in [0.4, 0.5) is 5.69 Å². The van der Waals surface area contributed by atoms with Gasteiger partial charge in [0.2, 0.25) is 10.0 Å².